The number of carbonyl (C=O) groups excluding carboxylic acids is 1. The van der Waals surface area contributed by atoms with Crippen LogP contribution in [0.25, 0.3) is 10.9 Å². The minimum absolute atomic E-state index is 0.0241. The van der Waals surface area contributed by atoms with Crippen molar-refractivity contribution < 1.29 is 9.90 Å². The van der Waals surface area contributed by atoms with E-state index in [2.05, 4.69) is 0 Å². The molecule has 4 heteroatoms. The fourth-order valence-electron chi connectivity index (χ4n) is 2.69. The number of nitrogens with zero attached hydrogens (tertiary/aromatic N) is 2. The van der Waals surface area contributed by atoms with Gasteiger partial charge in [-0.1, -0.05) is 18.2 Å². The summed E-state index contributed by atoms with van der Waals surface area (Å²) < 4.78 is 2.04. The van der Waals surface area contributed by atoms with Crippen LogP contribution in [-0.2, 0) is 6.54 Å². The van der Waals surface area contributed by atoms with Crippen LogP contribution in [0.15, 0.2) is 30.3 Å². The van der Waals surface area contributed by atoms with Crippen LogP contribution in [-0.4, -0.2) is 39.2 Å². The van der Waals surface area contributed by atoms with Crippen LogP contribution >= 0.6 is 0 Å². The van der Waals surface area contributed by atoms with Crippen LogP contribution < -0.4 is 0 Å². The Kier molecular flexibility index (Phi) is 4.68. The lowest BCUT2D eigenvalue weighted by molar-refractivity contribution is 0.0569. The Morgan fingerprint density at radius 2 is 1.95 bits per heavy atom. The topological polar surface area (TPSA) is 45.5 Å². The second-order valence-corrected chi connectivity index (χ2v) is 5.73. The molecule has 0 unspecified atom stereocenters. The number of aromatic nitrogens is 1. The molecule has 0 radical (unpaired) electrons. The molecule has 1 aromatic heterocycles. The van der Waals surface area contributed by atoms with E-state index in [1.54, 1.807) is 11.8 Å². The molecular weight excluding hydrogens is 264 g/mol. The maximum absolute atomic E-state index is 12.9. The zero-order valence-electron chi connectivity index (χ0n) is 13.2. The Labute approximate surface area is 126 Å². The Morgan fingerprint density at radius 1 is 1.29 bits per heavy atom. The number of para-hydroxylation sites is 1. The van der Waals surface area contributed by atoms with Crippen LogP contribution in [0.3, 0.4) is 0 Å². The summed E-state index contributed by atoms with van der Waals surface area (Å²) in [5, 5.41) is 10.7. The van der Waals surface area contributed by atoms with Crippen LogP contribution in [0.1, 0.15) is 38.2 Å². The van der Waals surface area contributed by atoms with Crippen LogP contribution in [0.5, 0.6) is 0 Å². The number of aliphatic hydroxyl groups is 1. The molecule has 0 saturated heterocycles. The number of aliphatic hydroxyl groups excluding tert-OH is 1. The normalized spacial score (nSPS) is 12.9. The molecule has 1 heterocycles. The van der Waals surface area contributed by atoms with Gasteiger partial charge in [0.15, 0.2) is 0 Å². The summed E-state index contributed by atoms with van der Waals surface area (Å²) in [7, 11) is 0. The van der Waals surface area contributed by atoms with Crippen LogP contribution in [0.2, 0.25) is 0 Å². The summed E-state index contributed by atoms with van der Waals surface area (Å²) >= 11 is 0. The van der Waals surface area contributed by atoms with Gasteiger partial charge in [-0.25, -0.2) is 0 Å². The predicted molar refractivity (Wildman–Crippen MR) is 85.5 cm³/mol. The number of fused-ring (bicyclic) bond motifs is 1. The highest BCUT2D eigenvalue weighted by Crippen LogP contribution is 2.21. The lowest BCUT2D eigenvalue weighted by Gasteiger charge is -2.28. The van der Waals surface area contributed by atoms with Crippen LogP contribution in [0.4, 0.5) is 0 Å². The van der Waals surface area contributed by atoms with Crippen molar-refractivity contribution in [2.45, 2.75) is 46.4 Å². The highest BCUT2D eigenvalue weighted by atomic mass is 16.3. The predicted octanol–water partition coefficient (Wildman–Crippen LogP) is 2.89. The van der Waals surface area contributed by atoms with Crippen molar-refractivity contribution in [3.05, 3.63) is 36.0 Å². The molecule has 0 fully saturated rings. The molecule has 21 heavy (non-hydrogen) atoms. The Hall–Kier alpha value is -1.81. The number of hydrogen-bond acceptors (Lipinski definition) is 2. The standard InChI is InChI=1S/C17H24N2O2/c1-5-18-15-9-7-6-8-14(15)10-16(18)17(21)19(12(2)3)11-13(4)20/h6-10,12-13,20H,5,11H2,1-4H3/t13-/m1/s1. The monoisotopic (exact) mass is 288 g/mol. The van der Waals surface area contributed by atoms with Gasteiger partial charge in [0.25, 0.3) is 5.91 Å². The first-order valence-electron chi connectivity index (χ1n) is 7.53. The van der Waals surface area contributed by atoms with Crippen LogP contribution in [0, 0.1) is 0 Å². The minimum atomic E-state index is -0.532. The maximum Gasteiger partial charge on any atom is 0.270 e. The number of aryl methyl sites for hydroxylation is 1. The van der Waals surface area contributed by atoms with Gasteiger partial charge in [0, 0.05) is 30.0 Å². The molecule has 0 spiro atoms. The lowest BCUT2D eigenvalue weighted by atomic mass is 10.2. The van der Waals surface area contributed by atoms with Gasteiger partial charge in [0.2, 0.25) is 0 Å². The molecule has 0 aliphatic carbocycles. The highest BCUT2D eigenvalue weighted by molar-refractivity contribution is 5.99. The SMILES string of the molecule is CCn1c(C(=O)N(C[C@@H](C)O)C(C)C)cc2ccccc21. The first-order chi connectivity index (χ1) is 9.95. The third-order valence-electron chi connectivity index (χ3n) is 3.69. The van der Waals surface area contributed by atoms with Gasteiger partial charge >= 0.3 is 0 Å². The quantitative estimate of drug-likeness (QED) is 0.919. The fraction of sp³-hybridized carbons (Fsp3) is 0.471. The maximum atomic E-state index is 12.9. The average Bonchev–Trinajstić information content (AvgIpc) is 2.82. The van der Waals surface area contributed by atoms with E-state index in [4.69, 9.17) is 0 Å². The van der Waals surface area contributed by atoms with E-state index in [0.717, 1.165) is 17.4 Å². The molecule has 4 nitrogen and oxygen atoms in total. The van der Waals surface area contributed by atoms with E-state index in [0.29, 0.717) is 12.2 Å². The first kappa shape index (κ1) is 15.6. The summed E-state index contributed by atoms with van der Waals surface area (Å²) in [6.07, 6.45) is -0.532. The molecule has 1 atom stereocenters. The van der Waals surface area contributed by atoms with Gasteiger partial charge in [-0.3, -0.25) is 4.79 Å². The molecule has 1 aromatic carbocycles. The van der Waals surface area contributed by atoms with Crippen molar-refractivity contribution in [3.63, 3.8) is 0 Å². The van der Waals surface area contributed by atoms with Gasteiger partial charge in [0.05, 0.1) is 6.10 Å². The Bertz CT molecular complexity index is 629. The Morgan fingerprint density at radius 3 is 2.52 bits per heavy atom. The van der Waals surface area contributed by atoms with Crippen molar-refractivity contribution in [2.24, 2.45) is 0 Å². The molecule has 0 aliphatic rings. The minimum Gasteiger partial charge on any atom is -0.392 e. The molecule has 2 aromatic rings. The average molecular weight is 288 g/mol. The van der Waals surface area contributed by atoms with Crippen molar-refractivity contribution in [2.75, 3.05) is 6.54 Å². The van der Waals surface area contributed by atoms with E-state index in [9.17, 15) is 9.90 Å². The van der Waals surface area contributed by atoms with Crippen molar-refractivity contribution in [1.29, 1.82) is 0 Å². The molecule has 0 bridgehead atoms. The molecule has 114 valence electrons. The molecule has 0 saturated carbocycles. The van der Waals surface area contributed by atoms with Gasteiger partial charge in [-0.2, -0.15) is 0 Å². The summed E-state index contributed by atoms with van der Waals surface area (Å²) in [5.74, 6) is -0.0241. The second kappa shape index (κ2) is 6.31. The molecule has 0 aliphatic heterocycles. The first-order valence-corrected chi connectivity index (χ1v) is 7.53. The lowest BCUT2D eigenvalue weighted by Crippen LogP contribution is -2.42. The van der Waals surface area contributed by atoms with E-state index < -0.39 is 6.10 Å². The van der Waals surface area contributed by atoms with Gasteiger partial charge in [-0.05, 0) is 39.8 Å². The zero-order chi connectivity index (χ0) is 15.6. The summed E-state index contributed by atoms with van der Waals surface area (Å²) in [6.45, 7) is 8.78. The molecular formula is C17H24N2O2. The summed E-state index contributed by atoms with van der Waals surface area (Å²) in [6, 6.07) is 10.0. The van der Waals surface area contributed by atoms with Crippen molar-refractivity contribution in [1.82, 2.24) is 9.47 Å². The number of rotatable bonds is 5. The summed E-state index contributed by atoms with van der Waals surface area (Å²) in [5.41, 5.74) is 1.76. The van der Waals surface area contributed by atoms with Gasteiger partial charge in [0.1, 0.15) is 5.69 Å². The highest BCUT2D eigenvalue weighted by Gasteiger charge is 2.23. The number of amides is 1. The second-order valence-electron chi connectivity index (χ2n) is 5.73. The van der Waals surface area contributed by atoms with E-state index in [1.807, 2.05) is 55.7 Å². The van der Waals surface area contributed by atoms with Crippen molar-refractivity contribution in [3.8, 4) is 0 Å². The smallest absolute Gasteiger partial charge is 0.270 e. The van der Waals surface area contributed by atoms with E-state index in [1.165, 1.54) is 0 Å². The fourth-order valence-corrected chi connectivity index (χ4v) is 2.69. The Balaban J connectivity index is 2.46. The van der Waals surface area contributed by atoms with Gasteiger partial charge < -0.3 is 14.6 Å². The molecule has 2 rings (SSSR count). The third-order valence-corrected chi connectivity index (χ3v) is 3.69. The number of hydrogen-bond donors (Lipinski definition) is 1. The summed E-state index contributed by atoms with van der Waals surface area (Å²) in [4.78, 5) is 14.6. The van der Waals surface area contributed by atoms with E-state index in [-0.39, 0.29) is 11.9 Å². The third kappa shape index (κ3) is 3.10. The molecule has 1 amide bonds. The van der Waals surface area contributed by atoms with E-state index >= 15 is 0 Å². The van der Waals surface area contributed by atoms with Crippen molar-refractivity contribution >= 4 is 16.8 Å². The zero-order valence-corrected chi connectivity index (χ0v) is 13.2. The number of benzene rings is 1. The van der Waals surface area contributed by atoms with Gasteiger partial charge in [-0.15, -0.1) is 0 Å². The number of carbonyl (C=O) groups is 1. The molecule has 1 N–H and O–H groups in total. The largest absolute Gasteiger partial charge is 0.392 e.